The average molecular weight is 450 g/mol. The van der Waals surface area contributed by atoms with Crippen LogP contribution >= 0.6 is 0 Å². The molecular formula is C26H31N3O4. The van der Waals surface area contributed by atoms with E-state index in [9.17, 15) is 9.59 Å². The topological polar surface area (TPSA) is 79.9 Å². The van der Waals surface area contributed by atoms with E-state index in [0.29, 0.717) is 30.4 Å². The minimum atomic E-state index is -0.506. The minimum Gasteiger partial charge on any atom is -0.490 e. The molecule has 7 nitrogen and oxygen atoms in total. The van der Waals surface area contributed by atoms with Crippen LogP contribution in [0.2, 0.25) is 0 Å². The molecule has 0 aliphatic carbocycles. The number of fused-ring (bicyclic) bond motifs is 1. The van der Waals surface area contributed by atoms with Gasteiger partial charge in [-0.25, -0.2) is 0 Å². The Morgan fingerprint density at radius 3 is 2.36 bits per heavy atom. The van der Waals surface area contributed by atoms with Gasteiger partial charge in [-0.1, -0.05) is 36.4 Å². The lowest BCUT2D eigenvalue weighted by atomic mass is 10.1. The van der Waals surface area contributed by atoms with Gasteiger partial charge in [0.15, 0.2) is 11.5 Å². The summed E-state index contributed by atoms with van der Waals surface area (Å²) in [5, 5.41) is 7.87. The van der Waals surface area contributed by atoms with Crippen LogP contribution in [-0.4, -0.2) is 49.6 Å². The van der Waals surface area contributed by atoms with E-state index in [1.54, 1.807) is 37.1 Å². The molecule has 0 saturated heterocycles. The Labute approximate surface area is 194 Å². The number of carbonyl (C=O) groups excluding carboxylic acids is 2. The number of rotatable bonds is 10. The van der Waals surface area contributed by atoms with E-state index in [1.807, 2.05) is 56.3 Å². The van der Waals surface area contributed by atoms with Crippen molar-refractivity contribution in [3.05, 3.63) is 60.7 Å². The molecule has 0 spiro atoms. The molecule has 1 atom stereocenters. The number of benzene rings is 3. The molecule has 1 unspecified atom stereocenters. The van der Waals surface area contributed by atoms with Gasteiger partial charge >= 0.3 is 0 Å². The van der Waals surface area contributed by atoms with Gasteiger partial charge in [-0.15, -0.1) is 0 Å². The van der Waals surface area contributed by atoms with E-state index < -0.39 is 6.04 Å². The Kier molecular flexibility index (Phi) is 8.27. The molecule has 3 aromatic carbocycles. The summed E-state index contributed by atoms with van der Waals surface area (Å²) in [6, 6.07) is 18.4. The van der Waals surface area contributed by atoms with Crippen molar-refractivity contribution in [2.45, 2.75) is 26.8 Å². The van der Waals surface area contributed by atoms with Crippen LogP contribution in [0.3, 0.4) is 0 Å². The van der Waals surface area contributed by atoms with Crippen LogP contribution in [0.1, 0.15) is 20.8 Å². The molecule has 33 heavy (non-hydrogen) atoms. The largest absolute Gasteiger partial charge is 0.490 e. The Morgan fingerprint density at radius 2 is 1.61 bits per heavy atom. The highest BCUT2D eigenvalue weighted by atomic mass is 16.5. The van der Waals surface area contributed by atoms with Gasteiger partial charge in [-0.2, -0.15) is 0 Å². The van der Waals surface area contributed by atoms with Gasteiger partial charge in [0.25, 0.3) is 0 Å². The summed E-state index contributed by atoms with van der Waals surface area (Å²) in [6.07, 6.45) is 0. The van der Waals surface area contributed by atoms with Crippen LogP contribution in [0.4, 0.5) is 11.4 Å². The summed E-state index contributed by atoms with van der Waals surface area (Å²) in [5.74, 6) is 0.803. The first-order valence-electron chi connectivity index (χ1n) is 11.1. The second kappa shape index (κ2) is 11.3. The third kappa shape index (κ3) is 6.23. The summed E-state index contributed by atoms with van der Waals surface area (Å²) in [4.78, 5) is 27.1. The fourth-order valence-electron chi connectivity index (χ4n) is 3.46. The highest BCUT2D eigenvalue weighted by Crippen LogP contribution is 2.30. The molecule has 0 radical (unpaired) electrons. The molecule has 3 rings (SSSR count). The van der Waals surface area contributed by atoms with Crippen LogP contribution in [0.15, 0.2) is 60.7 Å². The molecule has 0 fully saturated rings. The lowest BCUT2D eigenvalue weighted by Crippen LogP contribution is -2.43. The van der Waals surface area contributed by atoms with E-state index in [-0.39, 0.29) is 18.4 Å². The summed E-state index contributed by atoms with van der Waals surface area (Å²) in [5.41, 5.74) is 1.36. The zero-order valence-electron chi connectivity index (χ0n) is 19.6. The van der Waals surface area contributed by atoms with Crippen LogP contribution in [0.25, 0.3) is 10.8 Å². The number of ether oxygens (including phenoxy) is 2. The first-order chi connectivity index (χ1) is 15.9. The Bertz CT molecular complexity index is 1110. The number of carbonyl (C=O) groups is 2. The van der Waals surface area contributed by atoms with Gasteiger partial charge in [0.1, 0.15) is 0 Å². The maximum atomic E-state index is 12.8. The average Bonchev–Trinajstić information content (AvgIpc) is 2.80. The lowest BCUT2D eigenvalue weighted by molar-refractivity contribution is -0.122. The van der Waals surface area contributed by atoms with Gasteiger partial charge in [0.05, 0.1) is 25.8 Å². The fraction of sp³-hybridized carbons (Fsp3) is 0.308. The highest BCUT2D eigenvalue weighted by molar-refractivity contribution is 6.04. The van der Waals surface area contributed by atoms with Crippen LogP contribution in [-0.2, 0) is 9.59 Å². The zero-order chi connectivity index (χ0) is 23.8. The SMILES string of the molecule is CCOc1ccc(NC(=O)CN(C)C(C)C(=O)Nc2cccc3ccccc23)cc1OCC. The first-order valence-corrected chi connectivity index (χ1v) is 11.1. The Balaban J connectivity index is 1.60. The predicted molar refractivity (Wildman–Crippen MR) is 132 cm³/mol. The summed E-state index contributed by atoms with van der Waals surface area (Å²) in [7, 11) is 1.75. The standard InChI is InChI=1S/C26H31N3O4/c1-5-32-23-15-14-20(16-24(23)33-6-2)27-25(30)17-29(4)18(3)26(31)28-22-13-9-11-19-10-7-8-12-21(19)22/h7-16,18H,5-6,17H2,1-4H3,(H,27,30)(H,28,31). The lowest BCUT2D eigenvalue weighted by Gasteiger charge is -2.23. The number of hydrogen-bond acceptors (Lipinski definition) is 5. The Morgan fingerprint density at radius 1 is 0.909 bits per heavy atom. The molecule has 3 aromatic rings. The van der Waals surface area contributed by atoms with Crippen LogP contribution < -0.4 is 20.1 Å². The number of nitrogens with one attached hydrogen (secondary N) is 2. The zero-order valence-corrected chi connectivity index (χ0v) is 19.6. The second-order valence-electron chi connectivity index (χ2n) is 7.68. The minimum absolute atomic E-state index is 0.0568. The summed E-state index contributed by atoms with van der Waals surface area (Å²) < 4.78 is 11.2. The summed E-state index contributed by atoms with van der Waals surface area (Å²) >= 11 is 0. The van der Waals surface area contributed by atoms with Crippen molar-refractivity contribution in [3.63, 3.8) is 0 Å². The van der Waals surface area contributed by atoms with E-state index in [2.05, 4.69) is 10.6 Å². The monoisotopic (exact) mass is 449 g/mol. The smallest absolute Gasteiger partial charge is 0.241 e. The van der Waals surface area contributed by atoms with Crippen LogP contribution in [0.5, 0.6) is 11.5 Å². The molecule has 0 heterocycles. The number of likely N-dealkylation sites (N-methyl/N-ethyl adjacent to an activating group) is 1. The number of hydrogen-bond donors (Lipinski definition) is 2. The molecule has 2 amide bonds. The molecule has 174 valence electrons. The quantitative estimate of drug-likeness (QED) is 0.475. The van der Waals surface area contributed by atoms with Crippen molar-refractivity contribution in [3.8, 4) is 11.5 Å². The normalized spacial score (nSPS) is 11.8. The van der Waals surface area contributed by atoms with Gasteiger partial charge < -0.3 is 20.1 Å². The molecular weight excluding hydrogens is 418 g/mol. The van der Waals surface area contributed by atoms with E-state index >= 15 is 0 Å². The molecule has 0 aromatic heterocycles. The molecule has 0 saturated carbocycles. The summed E-state index contributed by atoms with van der Waals surface area (Å²) in [6.45, 7) is 6.64. The van der Waals surface area contributed by atoms with Crippen molar-refractivity contribution in [2.24, 2.45) is 0 Å². The maximum absolute atomic E-state index is 12.8. The third-order valence-electron chi connectivity index (χ3n) is 5.31. The highest BCUT2D eigenvalue weighted by Gasteiger charge is 2.21. The maximum Gasteiger partial charge on any atom is 0.241 e. The molecule has 0 aliphatic rings. The van der Waals surface area contributed by atoms with Gasteiger partial charge in [0, 0.05) is 22.8 Å². The van der Waals surface area contributed by atoms with Gasteiger partial charge in [-0.05, 0) is 51.4 Å². The molecule has 0 aliphatic heterocycles. The molecule has 2 N–H and O–H groups in total. The van der Waals surface area contributed by atoms with Crippen molar-refractivity contribution < 1.29 is 19.1 Å². The van der Waals surface area contributed by atoms with E-state index in [1.165, 1.54) is 0 Å². The molecule has 0 bridgehead atoms. The predicted octanol–water partition coefficient (Wildman–Crippen LogP) is 4.53. The van der Waals surface area contributed by atoms with E-state index in [0.717, 1.165) is 16.5 Å². The van der Waals surface area contributed by atoms with Gasteiger partial charge in [-0.3, -0.25) is 14.5 Å². The molecule has 7 heteroatoms. The van der Waals surface area contributed by atoms with Crippen molar-refractivity contribution in [2.75, 3.05) is 37.4 Å². The first kappa shape index (κ1) is 24.1. The van der Waals surface area contributed by atoms with Crippen molar-refractivity contribution >= 4 is 34.0 Å². The van der Waals surface area contributed by atoms with E-state index in [4.69, 9.17) is 9.47 Å². The fourth-order valence-corrected chi connectivity index (χ4v) is 3.46. The van der Waals surface area contributed by atoms with Crippen molar-refractivity contribution in [1.82, 2.24) is 4.90 Å². The van der Waals surface area contributed by atoms with Crippen LogP contribution in [0, 0.1) is 0 Å². The van der Waals surface area contributed by atoms with Crippen molar-refractivity contribution in [1.29, 1.82) is 0 Å². The number of nitrogens with zero attached hydrogens (tertiary/aromatic N) is 1. The number of anilines is 2. The Hall–Kier alpha value is -3.58. The third-order valence-corrected chi connectivity index (χ3v) is 5.31. The second-order valence-corrected chi connectivity index (χ2v) is 7.68. The number of amides is 2. The van der Waals surface area contributed by atoms with Gasteiger partial charge in [0.2, 0.25) is 11.8 Å².